The Morgan fingerprint density at radius 3 is 2.70 bits per heavy atom. The number of carbonyl (C=O) groups excluding carboxylic acids is 2. The summed E-state index contributed by atoms with van der Waals surface area (Å²) in [5, 5.41) is 0. The van der Waals surface area contributed by atoms with Crippen LogP contribution in [-0.2, 0) is 9.59 Å². The molecule has 5 heteroatoms. The van der Waals surface area contributed by atoms with Gasteiger partial charge in [-0.15, -0.1) is 0 Å². The number of aliphatic imine (C=N–C) groups is 1. The Bertz CT molecular complexity index is 730. The molecule has 0 saturated heterocycles. The molecule has 146 valence electrons. The number of amides is 1. The maximum absolute atomic E-state index is 13.0. The van der Waals surface area contributed by atoms with Gasteiger partial charge in [0, 0.05) is 19.4 Å². The molecule has 1 aromatic rings. The standard InChI is InChI=1S/C22H31N3O2/c1-15(16-8-5-4-6-9-16)12-19(26)17-10-7-11-18(13-17)22(2)14-20(27)25(3)21(23)24-22/h4-6,8-9,15,17-18H,7,10-14H2,1-3H3,(H2,23,24)/t15-,17?,18?,22-/m0/s1. The number of benzene rings is 1. The molecule has 1 fully saturated rings. The van der Waals surface area contributed by atoms with Crippen LogP contribution in [0.1, 0.15) is 63.9 Å². The predicted molar refractivity (Wildman–Crippen MR) is 107 cm³/mol. The second-order valence-corrected chi connectivity index (χ2v) is 8.50. The van der Waals surface area contributed by atoms with Gasteiger partial charge in [0.2, 0.25) is 5.91 Å². The zero-order valence-electron chi connectivity index (χ0n) is 16.6. The third-order valence-corrected chi connectivity index (χ3v) is 6.48. The van der Waals surface area contributed by atoms with Crippen LogP contribution in [0.25, 0.3) is 0 Å². The number of rotatable bonds is 5. The zero-order valence-corrected chi connectivity index (χ0v) is 16.6. The molecule has 2 aliphatic rings. The van der Waals surface area contributed by atoms with E-state index in [1.165, 1.54) is 10.5 Å². The first kappa shape index (κ1) is 19.6. The van der Waals surface area contributed by atoms with E-state index in [4.69, 9.17) is 5.73 Å². The van der Waals surface area contributed by atoms with Crippen molar-refractivity contribution >= 4 is 17.6 Å². The van der Waals surface area contributed by atoms with Gasteiger partial charge in [0.05, 0.1) is 12.0 Å². The lowest BCUT2D eigenvalue weighted by atomic mass is 9.68. The molecule has 4 atom stereocenters. The summed E-state index contributed by atoms with van der Waals surface area (Å²) in [4.78, 5) is 31.3. The van der Waals surface area contributed by atoms with E-state index in [-0.39, 0.29) is 23.7 Å². The van der Waals surface area contributed by atoms with Crippen molar-refractivity contribution in [3.63, 3.8) is 0 Å². The van der Waals surface area contributed by atoms with Crippen LogP contribution in [0.3, 0.4) is 0 Å². The molecular weight excluding hydrogens is 338 g/mol. The van der Waals surface area contributed by atoms with E-state index >= 15 is 0 Å². The first-order valence-electron chi connectivity index (χ1n) is 9.99. The normalized spacial score (nSPS) is 30.0. The average Bonchev–Trinajstić information content (AvgIpc) is 2.67. The number of hydrogen-bond acceptors (Lipinski definition) is 4. The average molecular weight is 370 g/mol. The fourth-order valence-electron chi connectivity index (χ4n) is 4.58. The Balaban J connectivity index is 1.67. The van der Waals surface area contributed by atoms with Gasteiger partial charge in [-0.25, -0.2) is 4.99 Å². The van der Waals surface area contributed by atoms with Crippen LogP contribution in [0.4, 0.5) is 0 Å². The molecular formula is C22H31N3O2. The summed E-state index contributed by atoms with van der Waals surface area (Å²) < 4.78 is 0. The molecule has 1 amide bonds. The minimum Gasteiger partial charge on any atom is -0.369 e. The van der Waals surface area contributed by atoms with Gasteiger partial charge in [0.1, 0.15) is 5.78 Å². The quantitative estimate of drug-likeness (QED) is 0.863. The summed E-state index contributed by atoms with van der Waals surface area (Å²) in [6, 6.07) is 10.2. The van der Waals surface area contributed by atoms with Crippen molar-refractivity contribution in [2.45, 2.75) is 63.8 Å². The Morgan fingerprint density at radius 1 is 1.33 bits per heavy atom. The van der Waals surface area contributed by atoms with E-state index in [2.05, 4.69) is 24.0 Å². The van der Waals surface area contributed by atoms with Crippen LogP contribution >= 0.6 is 0 Å². The Morgan fingerprint density at radius 2 is 2.04 bits per heavy atom. The van der Waals surface area contributed by atoms with Crippen LogP contribution in [0, 0.1) is 11.8 Å². The van der Waals surface area contributed by atoms with Crippen molar-refractivity contribution in [2.24, 2.45) is 22.6 Å². The largest absolute Gasteiger partial charge is 0.369 e. The molecule has 3 rings (SSSR count). The van der Waals surface area contributed by atoms with E-state index < -0.39 is 5.54 Å². The lowest BCUT2D eigenvalue weighted by Crippen LogP contribution is -2.52. The lowest BCUT2D eigenvalue weighted by Gasteiger charge is -2.42. The molecule has 0 aromatic heterocycles. The van der Waals surface area contributed by atoms with Crippen LogP contribution in [-0.4, -0.2) is 35.1 Å². The zero-order chi connectivity index (χ0) is 19.6. The highest BCUT2D eigenvalue weighted by atomic mass is 16.2. The number of hydrogen-bond donors (Lipinski definition) is 1. The molecule has 1 saturated carbocycles. The maximum Gasteiger partial charge on any atom is 0.231 e. The highest BCUT2D eigenvalue weighted by Gasteiger charge is 2.43. The minimum absolute atomic E-state index is 0.0103. The third kappa shape index (κ3) is 4.23. The Hall–Kier alpha value is -2.17. The molecule has 1 aliphatic carbocycles. The number of nitrogens with zero attached hydrogens (tertiary/aromatic N) is 2. The monoisotopic (exact) mass is 369 g/mol. The topological polar surface area (TPSA) is 75.8 Å². The van der Waals surface area contributed by atoms with Gasteiger partial charge in [0.15, 0.2) is 5.96 Å². The first-order valence-corrected chi connectivity index (χ1v) is 9.99. The van der Waals surface area contributed by atoms with Crippen molar-refractivity contribution in [1.82, 2.24) is 4.90 Å². The smallest absolute Gasteiger partial charge is 0.231 e. The van der Waals surface area contributed by atoms with Crippen molar-refractivity contribution in [3.8, 4) is 0 Å². The molecule has 0 bridgehead atoms. The molecule has 0 radical (unpaired) electrons. The molecule has 1 aromatic carbocycles. The van der Waals surface area contributed by atoms with E-state index in [0.717, 1.165) is 25.7 Å². The molecule has 1 heterocycles. The number of Topliss-reactive ketones (excluding diaryl/α,β-unsaturated/α-hetero) is 1. The van der Waals surface area contributed by atoms with E-state index in [1.54, 1.807) is 7.05 Å². The number of ketones is 1. The summed E-state index contributed by atoms with van der Waals surface area (Å²) in [5.41, 5.74) is 6.69. The molecule has 2 N–H and O–H groups in total. The van der Waals surface area contributed by atoms with Gasteiger partial charge in [-0.05, 0) is 43.6 Å². The van der Waals surface area contributed by atoms with E-state index in [1.807, 2.05) is 25.1 Å². The second kappa shape index (κ2) is 7.83. The first-order chi connectivity index (χ1) is 12.8. The fourth-order valence-corrected chi connectivity index (χ4v) is 4.58. The molecule has 1 aliphatic heterocycles. The summed E-state index contributed by atoms with van der Waals surface area (Å²) >= 11 is 0. The third-order valence-electron chi connectivity index (χ3n) is 6.48. The number of guanidine groups is 1. The van der Waals surface area contributed by atoms with Crippen LogP contribution in [0.15, 0.2) is 35.3 Å². The van der Waals surface area contributed by atoms with Gasteiger partial charge >= 0.3 is 0 Å². The lowest BCUT2D eigenvalue weighted by molar-refractivity contribution is -0.129. The summed E-state index contributed by atoms with van der Waals surface area (Å²) in [6.07, 6.45) is 4.71. The van der Waals surface area contributed by atoms with Crippen molar-refractivity contribution in [3.05, 3.63) is 35.9 Å². The minimum atomic E-state index is -0.488. The van der Waals surface area contributed by atoms with E-state index in [0.29, 0.717) is 24.6 Å². The second-order valence-electron chi connectivity index (χ2n) is 8.50. The van der Waals surface area contributed by atoms with Gasteiger partial charge in [-0.1, -0.05) is 43.7 Å². The maximum atomic E-state index is 13.0. The molecule has 27 heavy (non-hydrogen) atoms. The Kier molecular flexibility index (Phi) is 5.68. The van der Waals surface area contributed by atoms with Crippen molar-refractivity contribution in [1.29, 1.82) is 0 Å². The molecule has 5 nitrogen and oxygen atoms in total. The number of nitrogens with two attached hydrogens (primary N) is 1. The van der Waals surface area contributed by atoms with Crippen LogP contribution < -0.4 is 5.73 Å². The summed E-state index contributed by atoms with van der Waals surface area (Å²) in [6.45, 7) is 4.14. The molecule has 0 spiro atoms. The van der Waals surface area contributed by atoms with Crippen LogP contribution in [0.5, 0.6) is 0 Å². The van der Waals surface area contributed by atoms with Gasteiger partial charge in [0.25, 0.3) is 0 Å². The molecule has 2 unspecified atom stereocenters. The Labute approximate surface area is 162 Å². The van der Waals surface area contributed by atoms with Gasteiger partial charge in [-0.2, -0.15) is 0 Å². The highest BCUT2D eigenvalue weighted by Crippen LogP contribution is 2.42. The van der Waals surface area contributed by atoms with Gasteiger partial charge in [-0.3, -0.25) is 14.5 Å². The van der Waals surface area contributed by atoms with Crippen molar-refractivity contribution in [2.75, 3.05) is 7.05 Å². The summed E-state index contributed by atoms with van der Waals surface area (Å²) in [7, 11) is 1.67. The van der Waals surface area contributed by atoms with Crippen molar-refractivity contribution < 1.29 is 9.59 Å². The van der Waals surface area contributed by atoms with E-state index in [9.17, 15) is 9.59 Å². The fraction of sp³-hybridized carbons (Fsp3) is 0.591. The van der Waals surface area contributed by atoms with Gasteiger partial charge < -0.3 is 5.73 Å². The SMILES string of the molecule is C[C@@H](CC(=O)C1CCCC([C@]2(C)CC(=O)N(C)C(N)=N2)C1)c1ccccc1. The van der Waals surface area contributed by atoms with Crippen LogP contribution in [0.2, 0.25) is 0 Å². The number of carbonyl (C=O) groups is 2. The predicted octanol–water partition coefficient (Wildman–Crippen LogP) is 3.49. The summed E-state index contributed by atoms with van der Waals surface area (Å²) in [5.74, 6) is 1.17. The highest BCUT2D eigenvalue weighted by molar-refractivity contribution is 5.98.